The van der Waals surface area contributed by atoms with Crippen molar-refractivity contribution in [3.8, 4) is 0 Å². The van der Waals surface area contributed by atoms with E-state index in [1.807, 2.05) is 0 Å². The predicted octanol–water partition coefficient (Wildman–Crippen LogP) is -0.102. The number of hydrogen-bond donors (Lipinski definition) is 0. The maximum atomic E-state index is 4.83. The molecule has 0 atom stereocenters. The molecule has 0 aliphatic heterocycles. The maximum absolute atomic E-state index is 4.83. The minimum absolute atomic E-state index is 0. The van der Waals surface area contributed by atoms with Crippen LogP contribution in [-0.4, -0.2) is 5.75 Å². The van der Waals surface area contributed by atoms with Crippen molar-refractivity contribution in [2.45, 2.75) is 45.4 Å². The van der Waals surface area contributed by atoms with E-state index in [4.69, 9.17) is 12.6 Å². The molecule has 0 aliphatic carbocycles. The molecule has 56 valence electrons. The van der Waals surface area contributed by atoms with Gasteiger partial charge in [-0.05, 0) is 0 Å². The van der Waals surface area contributed by atoms with E-state index in [0.717, 1.165) is 5.75 Å². The predicted molar refractivity (Wildman–Crippen MR) is 45.6 cm³/mol. The van der Waals surface area contributed by atoms with Gasteiger partial charge in [0.1, 0.15) is 0 Å². The van der Waals surface area contributed by atoms with Crippen molar-refractivity contribution < 1.29 is 29.6 Å². The first-order valence-electron chi connectivity index (χ1n) is 4.00. The van der Waals surface area contributed by atoms with Gasteiger partial charge in [-0.3, -0.25) is 0 Å². The van der Waals surface area contributed by atoms with Crippen LogP contribution in [0.3, 0.4) is 0 Å². The van der Waals surface area contributed by atoms with Crippen molar-refractivity contribution in [1.29, 1.82) is 0 Å². The Morgan fingerprint density at radius 2 is 1.40 bits per heavy atom. The van der Waals surface area contributed by atoms with Crippen LogP contribution in [0.15, 0.2) is 0 Å². The summed E-state index contributed by atoms with van der Waals surface area (Å²) < 4.78 is 0. The van der Waals surface area contributed by atoms with E-state index >= 15 is 0 Å². The molecule has 0 amide bonds. The van der Waals surface area contributed by atoms with E-state index in [1.54, 1.807) is 0 Å². The summed E-state index contributed by atoms with van der Waals surface area (Å²) in [6.07, 6.45) is 8.14. The van der Waals surface area contributed by atoms with E-state index in [9.17, 15) is 0 Å². The fourth-order valence-electron chi connectivity index (χ4n) is 0.882. The largest absolute Gasteiger partial charge is 1.00 e. The van der Waals surface area contributed by atoms with E-state index in [0.29, 0.717) is 0 Å². The summed E-state index contributed by atoms with van der Waals surface area (Å²) in [5.74, 6) is 0.951. The molecular weight excluding hydrogens is 151 g/mol. The summed E-state index contributed by atoms with van der Waals surface area (Å²) in [7, 11) is 0. The van der Waals surface area contributed by atoms with Gasteiger partial charge < -0.3 is 12.6 Å². The van der Waals surface area contributed by atoms with Crippen LogP contribution in [0.1, 0.15) is 45.4 Å². The van der Waals surface area contributed by atoms with Gasteiger partial charge in [-0.2, -0.15) is 5.75 Å². The van der Waals surface area contributed by atoms with Crippen molar-refractivity contribution in [3.05, 3.63) is 0 Å². The second kappa shape index (κ2) is 13.0. The van der Waals surface area contributed by atoms with Crippen LogP contribution in [0, 0.1) is 0 Å². The first-order chi connectivity index (χ1) is 4.41. The second-order valence-corrected chi connectivity index (χ2v) is 2.88. The normalized spacial score (nSPS) is 9.00. The topological polar surface area (TPSA) is 0 Å². The summed E-state index contributed by atoms with van der Waals surface area (Å²) in [6.45, 7) is 2.24. The zero-order chi connectivity index (χ0) is 6.95. The Bertz CT molecular complexity index is 42.5. The molecule has 0 N–H and O–H groups in total. The van der Waals surface area contributed by atoms with Gasteiger partial charge in [0.15, 0.2) is 0 Å². The fraction of sp³-hybridized carbons (Fsp3) is 1.00. The molecule has 0 aliphatic rings. The third-order valence-corrected chi connectivity index (χ3v) is 1.79. The summed E-state index contributed by atoms with van der Waals surface area (Å²) in [4.78, 5) is 0. The molecule has 0 bridgehead atoms. The molecule has 0 fully saturated rings. The molecule has 0 heterocycles. The number of hydrogen-bond acceptors (Lipinski definition) is 1. The Hall–Kier alpha value is 1.35. The minimum Gasteiger partial charge on any atom is -0.793 e. The zero-order valence-electron chi connectivity index (χ0n) is 7.36. The van der Waals surface area contributed by atoms with Gasteiger partial charge in [0.25, 0.3) is 0 Å². The Kier molecular flexibility index (Phi) is 18.0. The Morgan fingerprint density at radius 1 is 0.900 bits per heavy atom. The first-order valence-corrected chi connectivity index (χ1v) is 4.57. The summed E-state index contributed by atoms with van der Waals surface area (Å²) in [5, 5.41) is 0. The smallest absolute Gasteiger partial charge is 0.793 e. The van der Waals surface area contributed by atoms with Crippen LogP contribution >= 0.6 is 0 Å². The molecule has 2 heteroatoms. The molecule has 0 radical (unpaired) electrons. The molecule has 0 unspecified atom stereocenters. The van der Waals surface area contributed by atoms with Crippen LogP contribution in [0.5, 0.6) is 0 Å². The average molecular weight is 168 g/mol. The molecule has 0 rings (SSSR count). The van der Waals surface area contributed by atoms with E-state index in [1.165, 1.54) is 38.5 Å². The molecule has 10 heavy (non-hydrogen) atoms. The van der Waals surface area contributed by atoms with E-state index < -0.39 is 0 Å². The Labute approximate surface area is 92.9 Å². The molecule has 0 spiro atoms. The monoisotopic (exact) mass is 168 g/mol. The molecule has 0 saturated carbocycles. The Balaban J connectivity index is 0. The quantitative estimate of drug-likeness (QED) is 0.303. The molecule has 0 nitrogen and oxygen atoms in total. The van der Waals surface area contributed by atoms with Crippen molar-refractivity contribution in [2.24, 2.45) is 0 Å². The van der Waals surface area contributed by atoms with Crippen molar-refractivity contribution in [1.82, 2.24) is 0 Å². The van der Waals surface area contributed by atoms with Crippen LogP contribution in [0.25, 0.3) is 0 Å². The summed E-state index contributed by atoms with van der Waals surface area (Å²) in [6, 6.07) is 0. The van der Waals surface area contributed by atoms with Crippen LogP contribution in [-0.2, 0) is 12.6 Å². The first kappa shape index (κ1) is 13.9. The van der Waals surface area contributed by atoms with Crippen LogP contribution in [0.4, 0.5) is 0 Å². The second-order valence-electron chi connectivity index (χ2n) is 2.47. The SMILES string of the molecule is CCCCCCCC[S-].[Na+]. The third-order valence-electron chi connectivity index (χ3n) is 1.50. The molecule has 0 aromatic carbocycles. The van der Waals surface area contributed by atoms with Gasteiger partial charge in [-0.25, -0.2) is 0 Å². The van der Waals surface area contributed by atoms with Gasteiger partial charge in [0, 0.05) is 0 Å². The molecule has 0 aromatic heterocycles. The van der Waals surface area contributed by atoms with E-state index in [2.05, 4.69) is 6.92 Å². The van der Waals surface area contributed by atoms with Gasteiger partial charge in [-0.15, -0.1) is 0 Å². The molecular formula is C8H17NaS. The van der Waals surface area contributed by atoms with Gasteiger partial charge in [0.05, 0.1) is 0 Å². The van der Waals surface area contributed by atoms with E-state index in [-0.39, 0.29) is 29.6 Å². The van der Waals surface area contributed by atoms with Crippen molar-refractivity contribution in [2.75, 3.05) is 5.75 Å². The van der Waals surface area contributed by atoms with Crippen molar-refractivity contribution in [3.63, 3.8) is 0 Å². The maximum Gasteiger partial charge on any atom is 1.00 e. The standard InChI is InChI=1S/C8H18S.Na/c1-2-3-4-5-6-7-8-9;/h9H,2-8H2,1H3;/q;+1/p-1. The Morgan fingerprint density at radius 3 is 1.90 bits per heavy atom. The molecule has 0 saturated heterocycles. The summed E-state index contributed by atoms with van der Waals surface area (Å²) >= 11 is 4.83. The van der Waals surface area contributed by atoms with Gasteiger partial charge in [0.2, 0.25) is 0 Å². The average Bonchev–Trinajstić information content (AvgIpc) is 1.89. The van der Waals surface area contributed by atoms with Crippen LogP contribution in [0.2, 0.25) is 0 Å². The minimum atomic E-state index is 0. The fourth-order valence-corrected chi connectivity index (χ4v) is 1.09. The number of rotatable bonds is 6. The van der Waals surface area contributed by atoms with Crippen LogP contribution < -0.4 is 29.6 Å². The van der Waals surface area contributed by atoms with Gasteiger partial charge in [-0.1, -0.05) is 45.4 Å². The molecule has 0 aromatic rings. The number of unbranched alkanes of at least 4 members (excludes halogenated alkanes) is 5. The van der Waals surface area contributed by atoms with Gasteiger partial charge >= 0.3 is 29.6 Å². The third kappa shape index (κ3) is 12.1. The zero-order valence-corrected chi connectivity index (χ0v) is 10.2. The summed E-state index contributed by atoms with van der Waals surface area (Å²) in [5.41, 5.74) is 0. The van der Waals surface area contributed by atoms with Crippen molar-refractivity contribution >= 4 is 12.6 Å².